The Balaban J connectivity index is 1.48. The van der Waals surface area contributed by atoms with Gasteiger partial charge in [-0.1, -0.05) is 121 Å². The van der Waals surface area contributed by atoms with E-state index in [1.54, 1.807) is 0 Å². The molecule has 1 saturated carbocycles. The van der Waals surface area contributed by atoms with Crippen molar-refractivity contribution in [3.63, 3.8) is 0 Å². The monoisotopic (exact) mass is 554 g/mol. The van der Waals surface area contributed by atoms with Gasteiger partial charge in [0.1, 0.15) is 23.9 Å². The lowest BCUT2D eigenvalue weighted by molar-refractivity contribution is -0.240. The van der Waals surface area contributed by atoms with Gasteiger partial charge in [0.25, 0.3) is 0 Å². The minimum absolute atomic E-state index is 0.0485. The van der Waals surface area contributed by atoms with Gasteiger partial charge in [-0.15, -0.1) is 0 Å². The fourth-order valence-electron chi connectivity index (χ4n) is 4.82. The Bertz CT molecular complexity index is 1420. The molecule has 4 aromatic rings. The second-order valence-corrected chi connectivity index (χ2v) is 10.1. The van der Waals surface area contributed by atoms with Crippen molar-refractivity contribution in [1.82, 2.24) is 0 Å². The van der Waals surface area contributed by atoms with Crippen molar-refractivity contribution in [3.8, 4) is 0 Å². The van der Waals surface area contributed by atoms with E-state index in [0.29, 0.717) is 0 Å². The van der Waals surface area contributed by atoms with Gasteiger partial charge < -0.3 is 24.1 Å². The van der Waals surface area contributed by atoms with E-state index in [-0.39, 0.29) is 26.4 Å². The Morgan fingerprint density at radius 2 is 1.05 bits per heavy atom. The lowest BCUT2D eigenvalue weighted by Gasteiger charge is -2.46. The highest BCUT2D eigenvalue weighted by Crippen LogP contribution is 2.35. The van der Waals surface area contributed by atoms with Crippen LogP contribution in [0.1, 0.15) is 31.4 Å². The summed E-state index contributed by atoms with van der Waals surface area (Å²) in [5.74, 6) is -0.924. The number of rotatable bonds is 13. The highest BCUT2D eigenvalue weighted by Gasteiger charge is 2.55. The third-order valence-corrected chi connectivity index (χ3v) is 6.93. The van der Waals surface area contributed by atoms with Crippen molar-refractivity contribution in [1.29, 1.82) is 0 Å². The molecule has 0 aliphatic heterocycles. The normalized spacial score (nSPS) is 24.4. The number of hydrogen-bond donors (Lipinski definition) is 1. The molecule has 0 bridgehead atoms. The first kappa shape index (κ1) is 26.3. The van der Waals surface area contributed by atoms with Crippen LogP contribution in [0.4, 0.5) is 0 Å². The van der Waals surface area contributed by atoms with E-state index in [2.05, 4.69) is 0 Å². The van der Waals surface area contributed by atoms with Crippen molar-refractivity contribution in [2.24, 2.45) is 0 Å². The maximum absolute atomic E-state index is 13.9. The first-order chi connectivity index (χ1) is 20.9. The Morgan fingerprint density at radius 3 is 1.54 bits per heavy atom. The summed E-state index contributed by atoms with van der Waals surface area (Å²) < 4.78 is 42.6. The van der Waals surface area contributed by atoms with E-state index < -0.39 is 42.7 Å². The summed E-state index contributed by atoms with van der Waals surface area (Å²) in [6.07, 6.45) is -6.59. The minimum atomic E-state index is -2.78. The quantitative estimate of drug-likeness (QED) is 0.230. The third-order valence-electron chi connectivity index (χ3n) is 6.93. The van der Waals surface area contributed by atoms with Crippen molar-refractivity contribution < 1.29 is 31.6 Å². The smallest absolute Gasteiger partial charge is 0.167 e. The lowest BCUT2D eigenvalue weighted by atomic mass is 9.78. The molecule has 5 rings (SSSR count). The van der Waals surface area contributed by atoms with Gasteiger partial charge in [0, 0.05) is 9.11 Å². The van der Waals surface area contributed by atoms with Crippen LogP contribution in [0.5, 0.6) is 0 Å². The van der Waals surface area contributed by atoms with E-state index in [1.165, 1.54) is 0 Å². The number of aliphatic hydroxyl groups is 1. The summed E-state index contributed by atoms with van der Waals surface area (Å²) in [7, 11) is 0. The molecular weight excluding hydrogens is 516 g/mol. The second kappa shape index (κ2) is 14.3. The number of ether oxygens (including phenoxy) is 4. The van der Waals surface area contributed by atoms with Gasteiger partial charge in [-0.25, -0.2) is 0 Å². The maximum atomic E-state index is 13.9. The van der Waals surface area contributed by atoms with E-state index >= 15 is 0 Å². The molecule has 1 aliphatic rings. The molecule has 0 spiro atoms. The average molecular weight is 555 g/mol. The largest absolute Gasteiger partial charge is 0.384 e. The Kier molecular flexibility index (Phi) is 9.16. The van der Waals surface area contributed by atoms with Crippen molar-refractivity contribution in [2.45, 2.75) is 56.7 Å². The van der Waals surface area contributed by atoms with Crippen LogP contribution in [0.2, 0.25) is 0 Å². The fourth-order valence-corrected chi connectivity index (χ4v) is 4.82. The van der Waals surface area contributed by atoms with Gasteiger partial charge in [-0.3, -0.25) is 4.79 Å². The van der Waals surface area contributed by atoms with E-state index in [4.69, 9.17) is 21.7 Å². The van der Waals surface area contributed by atoms with Gasteiger partial charge in [-0.2, -0.15) is 0 Å². The zero-order chi connectivity index (χ0) is 30.1. The Morgan fingerprint density at radius 1 is 0.634 bits per heavy atom. The number of carbonyl (C=O) groups excluding carboxylic acids is 1. The number of carbonyl (C=O) groups is 1. The second-order valence-electron chi connectivity index (χ2n) is 10.1. The maximum Gasteiger partial charge on any atom is 0.167 e. The molecule has 0 amide bonds. The van der Waals surface area contributed by atoms with Crippen LogP contribution in [0, 0.1) is 0 Å². The van der Waals surface area contributed by atoms with Crippen molar-refractivity contribution in [2.75, 3.05) is 6.61 Å². The van der Waals surface area contributed by atoms with Crippen molar-refractivity contribution in [3.05, 3.63) is 144 Å². The van der Waals surface area contributed by atoms with Crippen LogP contribution in [-0.4, -0.2) is 41.4 Å². The minimum Gasteiger partial charge on any atom is -0.384 e. The van der Waals surface area contributed by atoms with Crippen LogP contribution in [0.15, 0.2) is 121 Å². The molecule has 4 atom stereocenters. The molecule has 1 N–H and O–H groups in total. The number of Topliss-reactive ketones (excluding diaryl/α,β-unsaturated/α-hetero) is 1. The Hall–Kier alpha value is -3.65. The number of ketones is 1. The van der Waals surface area contributed by atoms with Gasteiger partial charge >= 0.3 is 0 Å². The zero-order valence-electron chi connectivity index (χ0n) is 24.8. The number of benzene rings is 4. The highest BCUT2D eigenvalue weighted by molar-refractivity contribution is 5.86. The predicted molar refractivity (Wildman–Crippen MR) is 156 cm³/mol. The summed E-state index contributed by atoms with van der Waals surface area (Å²) in [6, 6.07) is 37.5. The molecule has 0 unspecified atom stereocenters. The number of hydrogen-bond acceptors (Lipinski definition) is 6. The molecule has 212 valence electrons. The molecule has 4 aromatic carbocycles. The van der Waals surface area contributed by atoms with Crippen LogP contribution in [-0.2, 0) is 50.2 Å². The molecule has 6 nitrogen and oxygen atoms in total. The van der Waals surface area contributed by atoms with E-state index in [9.17, 15) is 9.90 Å². The average Bonchev–Trinajstić information content (AvgIpc) is 3.04. The summed E-state index contributed by atoms with van der Waals surface area (Å²) >= 11 is 0. The molecule has 1 fully saturated rings. The topological polar surface area (TPSA) is 74.2 Å². The molecule has 41 heavy (non-hydrogen) atoms. The zero-order valence-corrected chi connectivity index (χ0v) is 22.8. The highest BCUT2D eigenvalue weighted by atomic mass is 16.6. The first-order valence-electron chi connectivity index (χ1n) is 14.7. The summed E-state index contributed by atoms with van der Waals surface area (Å²) in [5.41, 5.74) is 0.928. The summed E-state index contributed by atoms with van der Waals surface area (Å²) in [4.78, 5) is 13.9. The summed E-state index contributed by atoms with van der Waals surface area (Å²) in [5, 5.41) is 12.2. The van der Waals surface area contributed by atoms with Crippen molar-refractivity contribution >= 4 is 5.78 Å². The molecular formula is C35H36O6. The van der Waals surface area contributed by atoms with Crippen LogP contribution in [0.25, 0.3) is 0 Å². The van der Waals surface area contributed by atoms with Gasteiger partial charge in [-0.05, 0) is 22.3 Å². The molecule has 0 saturated heterocycles. The molecule has 0 heterocycles. The van der Waals surface area contributed by atoms with E-state index in [0.717, 1.165) is 22.3 Å². The predicted octanol–water partition coefficient (Wildman–Crippen LogP) is 5.66. The fraction of sp³-hybridized carbons (Fsp3) is 0.286. The molecule has 0 radical (unpaired) electrons. The van der Waals surface area contributed by atoms with Gasteiger partial charge in [0.2, 0.25) is 0 Å². The van der Waals surface area contributed by atoms with E-state index in [1.807, 2.05) is 121 Å². The third kappa shape index (κ3) is 7.97. The summed E-state index contributed by atoms with van der Waals surface area (Å²) in [6.45, 7) is -0.196. The SMILES string of the molecule is [2H]C1([2H])C(=O)[C@@H](OCc2ccccc2)[C@@H](OCc2ccccc2)[C@H](OCc2ccccc2)[C@]1(O)COCc1ccccc1. The van der Waals surface area contributed by atoms with Crippen LogP contribution >= 0.6 is 0 Å². The molecule has 6 heteroatoms. The van der Waals surface area contributed by atoms with Crippen LogP contribution in [0.3, 0.4) is 0 Å². The standard InChI is InChI=1S/C35H36O6/c36-31-21-35(37,26-38-22-27-13-5-1-6-14-27)34(41-25-30-19-11-4-12-20-30)33(40-24-29-17-9-3-10-18-29)32(31)39-23-28-15-7-2-8-16-28/h1-20,32-34,37H,21-26H2/t32-,33-,34+,35-/m1/s1/i21D2. The lowest BCUT2D eigenvalue weighted by Crippen LogP contribution is -2.65. The first-order valence-corrected chi connectivity index (χ1v) is 13.7. The molecule has 0 aromatic heterocycles. The van der Waals surface area contributed by atoms with Crippen LogP contribution < -0.4 is 0 Å². The van der Waals surface area contributed by atoms with Gasteiger partial charge in [0.15, 0.2) is 5.78 Å². The Labute approximate surface area is 244 Å². The van der Waals surface area contributed by atoms with Gasteiger partial charge in [0.05, 0.1) is 33.0 Å². The molecule has 1 aliphatic carbocycles.